The van der Waals surface area contributed by atoms with Gasteiger partial charge in [-0.15, -0.1) is 11.3 Å². The van der Waals surface area contributed by atoms with Crippen LogP contribution >= 0.6 is 11.3 Å². The predicted octanol–water partition coefficient (Wildman–Crippen LogP) is 5.44. The van der Waals surface area contributed by atoms with Crippen molar-refractivity contribution in [2.75, 3.05) is 18.4 Å². The van der Waals surface area contributed by atoms with E-state index in [0.717, 1.165) is 30.8 Å². The van der Waals surface area contributed by atoms with Gasteiger partial charge in [-0.1, -0.05) is 54.6 Å². The average Bonchev–Trinajstić information content (AvgIpc) is 3.35. The Hall–Kier alpha value is -2.59. The third kappa shape index (κ3) is 3.44. The molecule has 0 radical (unpaired) electrons. The van der Waals surface area contributed by atoms with E-state index in [-0.39, 0.29) is 6.03 Å². The van der Waals surface area contributed by atoms with Crippen LogP contribution in [-0.4, -0.2) is 24.0 Å². The molecule has 1 saturated heterocycles. The molecule has 2 aromatic carbocycles. The zero-order valence-electron chi connectivity index (χ0n) is 13.9. The number of hydrogen-bond donors (Lipinski definition) is 1. The van der Waals surface area contributed by atoms with E-state index in [2.05, 4.69) is 47.1 Å². The summed E-state index contributed by atoms with van der Waals surface area (Å²) >= 11 is 1.68. The lowest BCUT2D eigenvalue weighted by Crippen LogP contribution is -2.32. The van der Waals surface area contributed by atoms with E-state index in [1.54, 1.807) is 11.3 Å². The summed E-state index contributed by atoms with van der Waals surface area (Å²) in [6, 6.07) is 22.6. The largest absolute Gasteiger partial charge is 0.324 e. The molecule has 25 heavy (non-hydrogen) atoms. The number of carbonyl (C=O) groups is 1. The average molecular weight is 348 g/mol. The number of nitrogens with one attached hydrogen (secondary N) is 1. The van der Waals surface area contributed by atoms with E-state index in [1.807, 2.05) is 35.2 Å². The van der Waals surface area contributed by atoms with Gasteiger partial charge in [-0.05, 0) is 29.5 Å². The minimum Gasteiger partial charge on any atom is -0.324 e. The van der Waals surface area contributed by atoms with Crippen LogP contribution in [0.5, 0.6) is 0 Å². The fourth-order valence-electron chi connectivity index (χ4n) is 3.38. The standard InChI is InChI=1S/C21H20N2OS/c24-21(23-13-12-17(15-23)16-7-2-1-3-8-16)22-19-10-5-4-9-18(19)20-11-6-14-25-20/h1-11,14,17H,12-13,15H2,(H,22,24)/t17-/m1/s1. The van der Waals surface area contributed by atoms with Gasteiger partial charge in [0.15, 0.2) is 0 Å². The van der Waals surface area contributed by atoms with Crippen LogP contribution < -0.4 is 5.32 Å². The number of para-hydroxylation sites is 1. The van der Waals surface area contributed by atoms with Crippen LogP contribution in [0.3, 0.4) is 0 Å². The van der Waals surface area contributed by atoms with Crippen molar-refractivity contribution in [2.45, 2.75) is 12.3 Å². The highest BCUT2D eigenvalue weighted by Crippen LogP contribution is 2.32. The molecule has 3 nitrogen and oxygen atoms in total. The van der Waals surface area contributed by atoms with Crippen LogP contribution in [-0.2, 0) is 0 Å². The Kier molecular flexibility index (Phi) is 4.53. The smallest absolute Gasteiger partial charge is 0.321 e. The lowest BCUT2D eigenvalue weighted by molar-refractivity contribution is 0.222. The van der Waals surface area contributed by atoms with Crippen LogP contribution in [0.2, 0.25) is 0 Å². The van der Waals surface area contributed by atoms with Gasteiger partial charge in [0.25, 0.3) is 0 Å². The molecular weight excluding hydrogens is 328 g/mol. The van der Waals surface area contributed by atoms with Gasteiger partial charge in [0.2, 0.25) is 0 Å². The fourth-order valence-corrected chi connectivity index (χ4v) is 4.14. The summed E-state index contributed by atoms with van der Waals surface area (Å²) in [5.41, 5.74) is 3.26. The van der Waals surface area contributed by atoms with Crippen molar-refractivity contribution in [1.29, 1.82) is 0 Å². The third-order valence-electron chi connectivity index (χ3n) is 4.70. The first kappa shape index (κ1) is 15.9. The van der Waals surface area contributed by atoms with E-state index in [9.17, 15) is 4.79 Å². The van der Waals surface area contributed by atoms with Gasteiger partial charge in [0, 0.05) is 29.4 Å². The molecule has 1 aliphatic rings. The number of likely N-dealkylation sites (tertiary alicyclic amines) is 1. The molecule has 0 aliphatic carbocycles. The number of benzene rings is 2. The lowest BCUT2D eigenvalue weighted by atomic mass is 9.99. The van der Waals surface area contributed by atoms with E-state index < -0.39 is 0 Å². The Morgan fingerprint density at radius 3 is 2.60 bits per heavy atom. The molecular formula is C21H20N2OS. The molecule has 0 spiro atoms. The van der Waals surface area contributed by atoms with Gasteiger partial charge in [-0.3, -0.25) is 0 Å². The summed E-state index contributed by atoms with van der Waals surface area (Å²) in [7, 11) is 0. The van der Waals surface area contributed by atoms with E-state index in [4.69, 9.17) is 0 Å². The number of urea groups is 1. The number of nitrogens with zero attached hydrogens (tertiary/aromatic N) is 1. The monoisotopic (exact) mass is 348 g/mol. The number of amides is 2. The summed E-state index contributed by atoms with van der Waals surface area (Å²) in [6.07, 6.45) is 1.02. The van der Waals surface area contributed by atoms with Gasteiger partial charge in [0.05, 0.1) is 5.69 Å². The highest BCUT2D eigenvalue weighted by Gasteiger charge is 2.27. The Balaban J connectivity index is 1.47. The molecule has 0 saturated carbocycles. The van der Waals surface area contributed by atoms with Crippen molar-refractivity contribution < 1.29 is 4.79 Å². The third-order valence-corrected chi connectivity index (χ3v) is 5.60. The van der Waals surface area contributed by atoms with Crippen LogP contribution in [0.4, 0.5) is 10.5 Å². The quantitative estimate of drug-likeness (QED) is 0.672. The van der Waals surface area contributed by atoms with Gasteiger partial charge in [-0.2, -0.15) is 0 Å². The molecule has 1 fully saturated rings. The molecule has 3 aromatic rings. The molecule has 0 unspecified atom stereocenters. The minimum absolute atomic E-state index is 0.0116. The van der Waals surface area contributed by atoms with Gasteiger partial charge in [0.1, 0.15) is 0 Å². The minimum atomic E-state index is -0.0116. The Morgan fingerprint density at radius 1 is 1.00 bits per heavy atom. The number of rotatable bonds is 3. The molecule has 2 amide bonds. The number of carbonyl (C=O) groups excluding carboxylic acids is 1. The van der Waals surface area contributed by atoms with Crippen molar-refractivity contribution in [2.24, 2.45) is 0 Å². The first-order valence-electron chi connectivity index (χ1n) is 8.55. The number of hydrogen-bond acceptors (Lipinski definition) is 2. The molecule has 1 N–H and O–H groups in total. The molecule has 4 rings (SSSR count). The van der Waals surface area contributed by atoms with E-state index in [0.29, 0.717) is 5.92 Å². The van der Waals surface area contributed by atoms with Crippen molar-refractivity contribution in [1.82, 2.24) is 4.90 Å². The molecule has 1 atom stereocenters. The van der Waals surface area contributed by atoms with Crippen LogP contribution in [0.25, 0.3) is 10.4 Å². The molecule has 126 valence electrons. The fraction of sp³-hybridized carbons (Fsp3) is 0.190. The second-order valence-electron chi connectivity index (χ2n) is 6.30. The normalized spacial score (nSPS) is 16.8. The van der Waals surface area contributed by atoms with Crippen molar-refractivity contribution >= 4 is 23.1 Å². The summed E-state index contributed by atoms with van der Waals surface area (Å²) < 4.78 is 0. The second-order valence-corrected chi connectivity index (χ2v) is 7.24. The maximum absolute atomic E-state index is 12.7. The van der Waals surface area contributed by atoms with Gasteiger partial charge in [-0.25, -0.2) is 4.79 Å². The summed E-state index contributed by atoms with van der Waals surface area (Å²) in [6.45, 7) is 1.57. The zero-order chi connectivity index (χ0) is 17.1. The first-order valence-corrected chi connectivity index (χ1v) is 9.43. The van der Waals surface area contributed by atoms with Gasteiger partial charge < -0.3 is 10.2 Å². The van der Waals surface area contributed by atoms with Crippen LogP contribution in [0.1, 0.15) is 17.9 Å². The maximum atomic E-state index is 12.7. The van der Waals surface area contributed by atoms with Gasteiger partial charge >= 0.3 is 6.03 Å². The highest BCUT2D eigenvalue weighted by molar-refractivity contribution is 7.13. The van der Waals surface area contributed by atoms with Crippen molar-refractivity contribution in [3.05, 3.63) is 77.7 Å². The number of anilines is 1. The number of thiophene rings is 1. The molecule has 4 heteroatoms. The second kappa shape index (κ2) is 7.11. The van der Waals surface area contributed by atoms with Crippen molar-refractivity contribution in [3.63, 3.8) is 0 Å². The Morgan fingerprint density at radius 2 is 1.80 bits per heavy atom. The lowest BCUT2D eigenvalue weighted by Gasteiger charge is -2.19. The summed E-state index contributed by atoms with van der Waals surface area (Å²) in [4.78, 5) is 15.8. The van der Waals surface area contributed by atoms with E-state index >= 15 is 0 Å². The first-order chi connectivity index (χ1) is 12.3. The van der Waals surface area contributed by atoms with Crippen LogP contribution in [0.15, 0.2) is 72.1 Å². The zero-order valence-corrected chi connectivity index (χ0v) is 14.7. The highest BCUT2D eigenvalue weighted by atomic mass is 32.1. The maximum Gasteiger partial charge on any atom is 0.321 e. The van der Waals surface area contributed by atoms with Crippen molar-refractivity contribution in [3.8, 4) is 10.4 Å². The van der Waals surface area contributed by atoms with E-state index in [1.165, 1.54) is 10.4 Å². The SMILES string of the molecule is O=C(Nc1ccccc1-c1cccs1)N1CC[C@@H](c2ccccc2)C1. The Bertz CT molecular complexity index is 845. The molecule has 0 bridgehead atoms. The molecule has 1 aliphatic heterocycles. The van der Waals surface area contributed by atoms with Crippen LogP contribution in [0, 0.1) is 0 Å². The molecule has 1 aromatic heterocycles. The topological polar surface area (TPSA) is 32.3 Å². The summed E-state index contributed by atoms with van der Waals surface area (Å²) in [5.74, 6) is 0.430. The molecule has 2 heterocycles. The Labute approximate surface area is 151 Å². The predicted molar refractivity (Wildman–Crippen MR) is 104 cm³/mol. The summed E-state index contributed by atoms with van der Waals surface area (Å²) in [5, 5.41) is 5.16.